The quantitative estimate of drug-likeness (QED) is 0.842. The third kappa shape index (κ3) is 3.67. The summed E-state index contributed by atoms with van der Waals surface area (Å²) in [5.74, 6) is 0. The Balaban J connectivity index is 2.12. The molecule has 0 saturated carbocycles. The van der Waals surface area contributed by atoms with Crippen LogP contribution in [0.2, 0.25) is 0 Å². The Labute approximate surface area is 121 Å². The topological polar surface area (TPSA) is 42.7 Å². The fourth-order valence-corrected chi connectivity index (χ4v) is 2.30. The first-order valence-electron chi connectivity index (χ1n) is 7.38. The van der Waals surface area contributed by atoms with Gasteiger partial charge in [0.1, 0.15) is 0 Å². The predicted molar refractivity (Wildman–Crippen MR) is 81.6 cm³/mol. The second-order valence-corrected chi connectivity index (χ2v) is 5.15. The molecule has 0 fully saturated rings. The fraction of sp³-hybridized carbons (Fsp3) is 0.500. The molecule has 0 aromatic carbocycles. The van der Waals surface area contributed by atoms with Crippen molar-refractivity contribution >= 4 is 0 Å². The van der Waals surface area contributed by atoms with E-state index >= 15 is 0 Å². The molecular weight excluding hydrogens is 248 g/mol. The van der Waals surface area contributed by atoms with Gasteiger partial charge in [-0.2, -0.15) is 0 Å². The van der Waals surface area contributed by atoms with E-state index in [2.05, 4.69) is 45.8 Å². The molecule has 4 nitrogen and oxygen atoms in total. The molecule has 4 heteroatoms. The van der Waals surface area contributed by atoms with Gasteiger partial charge in [0, 0.05) is 31.6 Å². The highest BCUT2D eigenvalue weighted by atomic mass is 15.1. The number of imidazole rings is 1. The number of aromatic nitrogens is 3. The molecule has 0 amide bonds. The number of hydrogen-bond donors (Lipinski definition) is 1. The second-order valence-electron chi connectivity index (χ2n) is 5.15. The van der Waals surface area contributed by atoms with Crippen molar-refractivity contribution in [3.63, 3.8) is 0 Å². The van der Waals surface area contributed by atoms with Crippen molar-refractivity contribution < 1.29 is 0 Å². The lowest BCUT2D eigenvalue weighted by atomic mass is 10.1. The van der Waals surface area contributed by atoms with Crippen molar-refractivity contribution in [2.75, 3.05) is 6.54 Å². The number of rotatable bonds is 7. The van der Waals surface area contributed by atoms with E-state index in [1.54, 1.807) is 0 Å². The molecule has 0 saturated heterocycles. The van der Waals surface area contributed by atoms with E-state index in [-0.39, 0.29) is 6.04 Å². The van der Waals surface area contributed by atoms with Gasteiger partial charge in [-0.15, -0.1) is 0 Å². The zero-order valence-corrected chi connectivity index (χ0v) is 12.6. The Kier molecular flexibility index (Phi) is 5.30. The van der Waals surface area contributed by atoms with Crippen LogP contribution in [0.1, 0.15) is 43.3 Å². The zero-order valence-electron chi connectivity index (χ0n) is 12.6. The Morgan fingerprint density at radius 2 is 2.10 bits per heavy atom. The van der Waals surface area contributed by atoms with Gasteiger partial charge in [-0.1, -0.05) is 19.9 Å². The summed E-state index contributed by atoms with van der Waals surface area (Å²) in [7, 11) is 2.04. The summed E-state index contributed by atoms with van der Waals surface area (Å²) in [6.45, 7) is 5.34. The van der Waals surface area contributed by atoms with Crippen LogP contribution in [-0.4, -0.2) is 21.1 Å². The summed E-state index contributed by atoms with van der Waals surface area (Å²) in [6, 6.07) is 4.57. The van der Waals surface area contributed by atoms with Crippen molar-refractivity contribution in [3.05, 3.63) is 47.8 Å². The highest BCUT2D eigenvalue weighted by Gasteiger charge is 2.15. The van der Waals surface area contributed by atoms with E-state index in [0.29, 0.717) is 0 Å². The molecule has 0 aliphatic heterocycles. The molecule has 20 heavy (non-hydrogen) atoms. The average Bonchev–Trinajstić information content (AvgIpc) is 2.90. The molecule has 0 aliphatic rings. The van der Waals surface area contributed by atoms with Crippen LogP contribution in [0.4, 0.5) is 0 Å². The van der Waals surface area contributed by atoms with E-state index in [9.17, 15) is 0 Å². The van der Waals surface area contributed by atoms with Crippen molar-refractivity contribution in [1.82, 2.24) is 19.9 Å². The molecule has 2 aromatic rings. The number of nitrogens with one attached hydrogen (secondary N) is 1. The lowest BCUT2D eigenvalue weighted by Crippen LogP contribution is -2.26. The van der Waals surface area contributed by atoms with Crippen LogP contribution in [0.15, 0.2) is 30.9 Å². The SMILES string of the molecule is CCCNC(Cc1ccc(CC)cn1)c1cncn1C. The van der Waals surface area contributed by atoms with Crippen molar-refractivity contribution in [1.29, 1.82) is 0 Å². The van der Waals surface area contributed by atoms with E-state index in [0.717, 1.165) is 31.5 Å². The number of nitrogens with zero attached hydrogens (tertiary/aromatic N) is 3. The average molecular weight is 272 g/mol. The molecule has 2 aromatic heterocycles. The Morgan fingerprint density at radius 1 is 1.25 bits per heavy atom. The lowest BCUT2D eigenvalue weighted by molar-refractivity contribution is 0.500. The van der Waals surface area contributed by atoms with Gasteiger partial charge < -0.3 is 9.88 Å². The molecule has 1 atom stereocenters. The van der Waals surface area contributed by atoms with Gasteiger partial charge in [-0.05, 0) is 31.0 Å². The standard InChI is InChI=1S/C16H24N4/c1-4-8-18-15(16-11-17-12-20(16)3)9-14-7-6-13(5-2)10-19-14/h6-7,10-12,15,18H,4-5,8-9H2,1-3H3. The highest BCUT2D eigenvalue weighted by Crippen LogP contribution is 2.17. The first-order valence-corrected chi connectivity index (χ1v) is 7.38. The van der Waals surface area contributed by atoms with Gasteiger partial charge in [-0.25, -0.2) is 4.98 Å². The van der Waals surface area contributed by atoms with Crippen molar-refractivity contribution in [2.24, 2.45) is 7.05 Å². The predicted octanol–water partition coefficient (Wildman–Crippen LogP) is 2.66. The molecule has 1 unspecified atom stereocenters. The normalized spacial score (nSPS) is 12.6. The monoisotopic (exact) mass is 272 g/mol. The van der Waals surface area contributed by atoms with Crippen LogP contribution in [0.25, 0.3) is 0 Å². The lowest BCUT2D eigenvalue weighted by Gasteiger charge is -2.18. The molecular formula is C16H24N4. The Bertz CT molecular complexity index is 516. The van der Waals surface area contributed by atoms with Gasteiger partial charge in [0.15, 0.2) is 0 Å². The minimum absolute atomic E-state index is 0.266. The summed E-state index contributed by atoms with van der Waals surface area (Å²) in [5, 5.41) is 3.59. The van der Waals surface area contributed by atoms with Gasteiger partial charge >= 0.3 is 0 Å². The fourth-order valence-electron chi connectivity index (χ4n) is 2.30. The molecule has 0 radical (unpaired) electrons. The van der Waals surface area contributed by atoms with Crippen LogP contribution in [0.5, 0.6) is 0 Å². The van der Waals surface area contributed by atoms with Crippen molar-refractivity contribution in [3.8, 4) is 0 Å². The van der Waals surface area contributed by atoms with Crippen LogP contribution in [0.3, 0.4) is 0 Å². The Morgan fingerprint density at radius 3 is 2.65 bits per heavy atom. The summed E-state index contributed by atoms with van der Waals surface area (Å²) >= 11 is 0. The molecule has 108 valence electrons. The summed E-state index contributed by atoms with van der Waals surface area (Å²) in [6.07, 6.45) is 8.82. The number of pyridine rings is 1. The molecule has 2 heterocycles. The highest BCUT2D eigenvalue weighted by molar-refractivity contribution is 5.17. The third-order valence-electron chi connectivity index (χ3n) is 3.56. The van der Waals surface area contributed by atoms with E-state index < -0.39 is 0 Å². The van der Waals surface area contributed by atoms with Gasteiger partial charge in [0.2, 0.25) is 0 Å². The van der Waals surface area contributed by atoms with Gasteiger partial charge in [0.05, 0.1) is 18.1 Å². The van der Waals surface area contributed by atoms with Crippen molar-refractivity contribution in [2.45, 2.75) is 39.2 Å². The summed E-state index contributed by atoms with van der Waals surface area (Å²) in [5.41, 5.74) is 3.61. The number of hydrogen-bond acceptors (Lipinski definition) is 3. The van der Waals surface area contributed by atoms with Gasteiger partial charge in [-0.3, -0.25) is 4.98 Å². The molecule has 2 rings (SSSR count). The smallest absolute Gasteiger partial charge is 0.0946 e. The first-order chi connectivity index (χ1) is 9.74. The van der Waals surface area contributed by atoms with Crippen LogP contribution in [0, 0.1) is 0 Å². The van der Waals surface area contributed by atoms with Crippen LogP contribution >= 0.6 is 0 Å². The molecule has 0 bridgehead atoms. The minimum atomic E-state index is 0.266. The second kappa shape index (κ2) is 7.20. The maximum absolute atomic E-state index is 4.57. The molecule has 0 aliphatic carbocycles. The first kappa shape index (κ1) is 14.7. The van der Waals surface area contributed by atoms with Gasteiger partial charge in [0.25, 0.3) is 0 Å². The molecule has 1 N–H and O–H groups in total. The molecule has 0 spiro atoms. The van der Waals surface area contributed by atoms with E-state index in [4.69, 9.17) is 0 Å². The minimum Gasteiger partial charge on any atom is -0.336 e. The van der Waals surface area contributed by atoms with E-state index in [1.165, 1.54) is 11.3 Å². The maximum Gasteiger partial charge on any atom is 0.0946 e. The third-order valence-corrected chi connectivity index (χ3v) is 3.56. The Hall–Kier alpha value is -1.68. The summed E-state index contributed by atoms with van der Waals surface area (Å²) < 4.78 is 2.08. The largest absolute Gasteiger partial charge is 0.336 e. The van der Waals surface area contributed by atoms with Crippen LogP contribution < -0.4 is 5.32 Å². The zero-order chi connectivity index (χ0) is 14.4. The van der Waals surface area contributed by atoms with Crippen LogP contribution in [-0.2, 0) is 19.9 Å². The number of aryl methyl sites for hydroxylation is 2. The summed E-state index contributed by atoms with van der Waals surface area (Å²) in [4.78, 5) is 8.79. The van der Waals surface area contributed by atoms with E-state index in [1.807, 2.05) is 25.8 Å². The maximum atomic E-state index is 4.57.